The molecule has 0 bridgehead atoms. The summed E-state index contributed by atoms with van der Waals surface area (Å²) in [7, 11) is 0. The molecule has 0 aliphatic heterocycles. The Hall–Kier alpha value is 0.290. The largest absolute Gasteiger partial charge is 0.123 e. The van der Waals surface area contributed by atoms with E-state index in [1.807, 2.05) is 0 Å². The number of halogens is 1. The number of hydrogen-bond donors (Lipinski definition) is 0. The fourth-order valence-corrected chi connectivity index (χ4v) is 1.55. The van der Waals surface area contributed by atoms with Crippen molar-refractivity contribution in [2.75, 3.05) is 0 Å². The van der Waals surface area contributed by atoms with Crippen molar-refractivity contribution in [3.63, 3.8) is 0 Å². The lowest BCUT2D eigenvalue weighted by molar-refractivity contribution is 0.422. The van der Waals surface area contributed by atoms with Gasteiger partial charge in [0.2, 0.25) is 0 Å². The van der Waals surface area contributed by atoms with Crippen LogP contribution in [0.15, 0.2) is 0 Å². The summed E-state index contributed by atoms with van der Waals surface area (Å²) in [6, 6.07) is 0. The maximum atomic E-state index is 5.83. The Morgan fingerprint density at radius 2 is 2.12 bits per heavy atom. The van der Waals surface area contributed by atoms with Gasteiger partial charge in [-0.05, 0) is 25.7 Å². The van der Waals surface area contributed by atoms with E-state index in [9.17, 15) is 0 Å². The molecular formula is C7H11Cl. The van der Waals surface area contributed by atoms with Crippen molar-refractivity contribution in [1.82, 2.24) is 0 Å². The first-order valence-electron chi connectivity index (χ1n) is 3.18. The molecule has 2 atom stereocenters. The van der Waals surface area contributed by atoms with Crippen LogP contribution in [-0.4, -0.2) is 5.38 Å². The monoisotopic (exact) mass is 130 g/mol. The first kappa shape index (κ1) is 6.41. The zero-order valence-electron chi connectivity index (χ0n) is 4.94. The van der Waals surface area contributed by atoms with E-state index in [4.69, 9.17) is 18.5 Å². The molecule has 1 heteroatoms. The number of rotatable bonds is 0. The highest BCUT2D eigenvalue weighted by Crippen LogP contribution is 2.26. The lowest BCUT2D eigenvalue weighted by Crippen LogP contribution is -2.12. The third-order valence-electron chi connectivity index (χ3n) is 1.65. The van der Waals surface area contributed by atoms with Crippen LogP contribution in [0.3, 0.4) is 0 Å². The fourth-order valence-electron chi connectivity index (χ4n) is 1.17. The van der Waals surface area contributed by atoms with Crippen molar-refractivity contribution in [3.05, 3.63) is 6.92 Å². The smallest absolute Gasteiger partial charge is 0.0338 e. The van der Waals surface area contributed by atoms with E-state index >= 15 is 0 Å². The highest BCUT2D eigenvalue weighted by atomic mass is 35.5. The third kappa shape index (κ3) is 1.66. The second kappa shape index (κ2) is 2.72. The topological polar surface area (TPSA) is 0 Å². The average Bonchev–Trinajstić information content (AvgIpc) is 1.64. The Morgan fingerprint density at radius 3 is 2.50 bits per heavy atom. The second-order valence-electron chi connectivity index (χ2n) is 2.52. The van der Waals surface area contributed by atoms with Gasteiger partial charge in [-0.2, -0.15) is 0 Å². The summed E-state index contributed by atoms with van der Waals surface area (Å²) in [6.45, 7) is 5.64. The lowest BCUT2D eigenvalue weighted by atomic mass is 9.91. The summed E-state index contributed by atoms with van der Waals surface area (Å²) in [6.07, 6.45) is 4.56. The van der Waals surface area contributed by atoms with E-state index in [0.29, 0.717) is 11.3 Å². The van der Waals surface area contributed by atoms with E-state index in [0.717, 1.165) is 12.8 Å². The van der Waals surface area contributed by atoms with Gasteiger partial charge in [-0.25, -0.2) is 0 Å². The maximum Gasteiger partial charge on any atom is 0.0338 e. The Labute approximate surface area is 56.2 Å². The molecule has 0 saturated heterocycles. The second-order valence-corrected chi connectivity index (χ2v) is 3.14. The highest BCUT2D eigenvalue weighted by Gasteiger charge is 2.15. The lowest BCUT2D eigenvalue weighted by Gasteiger charge is -2.20. The van der Waals surface area contributed by atoms with E-state index < -0.39 is 0 Å². The molecule has 0 aromatic heterocycles. The molecule has 0 spiro atoms. The molecule has 0 aromatic rings. The molecule has 1 aliphatic carbocycles. The van der Waals surface area contributed by atoms with Gasteiger partial charge in [-0.3, -0.25) is 0 Å². The van der Waals surface area contributed by atoms with Crippen LogP contribution in [0.1, 0.15) is 25.7 Å². The van der Waals surface area contributed by atoms with Crippen LogP contribution in [0.2, 0.25) is 0 Å². The Balaban J connectivity index is 2.23. The van der Waals surface area contributed by atoms with Gasteiger partial charge in [0.05, 0.1) is 0 Å². The molecule has 0 aromatic carbocycles. The summed E-state index contributed by atoms with van der Waals surface area (Å²) in [5.41, 5.74) is 0. The van der Waals surface area contributed by atoms with Gasteiger partial charge in [0, 0.05) is 5.38 Å². The molecule has 2 radical (unpaired) electrons. The molecule has 0 heterocycles. The molecule has 0 N–H and O–H groups in total. The van der Waals surface area contributed by atoms with E-state index in [1.54, 1.807) is 0 Å². The van der Waals surface area contributed by atoms with Gasteiger partial charge in [-0.1, -0.05) is 12.8 Å². The Kier molecular flexibility index (Phi) is 2.18. The predicted molar refractivity (Wildman–Crippen MR) is 35.9 cm³/mol. The van der Waals surface area contributed by atoms with Gasteiger partial charge in [0.25, 0.3) is 0 Å². The SMILES string of the molecule is [CH]C1CCCC(Cl)C1. The van der Waals surface area contributed by atoms with E-state index in [1.165, 1.54) is 12.8 Å². The molecule has 0 amide bonds. The van der Waals surface area contributed by atoms with Crippen LogP contribution in [0, 0.1) is 12.8 Å². The highest BCUT2D eigenvalue weighted by molar-refractivity contribution is 6.20. The molecule has 1 saturated carbocycles. The van der Waals surface area contributed by atoms with Crippen molar-refractivity contribution in [3.8, 4) is 0 Å². The van der Waals surface area contributed by atoms with E-state index in [2.05, 4.69) is 0 Å². The van der Waals surface area contributed by atoms with Crippen LogP contribution in [0.5, 0.6) is 0 Å². The van der Waals surface area contributed by atoms with E-state index in [-0.39, 0.29) is 0 Å². The Bertz CT molecular complexity index is 62.8. The summed E-state index contributed by atoms with van der Waals surface area (Å²) in [4.78, 5) is 0. The van der Waals surface area contributed by atoms with Crippen molar-refractivity contribution in [2.24, 2.45) is 5.92 Å². The molecule has 1 rings (SSSR count). The zero-order valence-corrected chi connectivity index (χ0v) is 5.69. The molecule has 8 heavy (non-hydrogen) atoms. The normalized spacial score (nSPS) is 39.8. The summed E-state index contributed by atoms with van der Waals surface area (Å²) < 4.78 is 0. The van der Waals surface area contributed by atoms with Crippen LogP contribution in [-0.2, 0) is 0 Å². The van der Waals surface area contributed by atoms with Crippen LogP contribution >= 0.6 is 11.6 Å². The van der Waals surface area contributed by atoms with Crippen molar-refractivity contribution < 1.29 is 0 Å². The van der Waals surface area contributed by atoms with Crippen LogP contribution < -0.4 is 0 Å². The molecule has 0 nitrogen and oxygen atoms in total. The molecular weight excluding hydrogens is 120 g/mol. The fraction of sp³-hybridized carbons (Fsp3) is 0.857. The maximum absolute atomic E-state index is 5.83. The number of alkyl halides is 1. The quantitative estimate of drug-likeness (QED) is 0.442. The van der Waals surface area contributed by atoms with Gasteiger partial charge in [-0.15, -0.1) is 11.6 Å². The van der Waals surface area contributed by atoms with Gasteiger partial charge in [0.1, 0.15) is 0 Å². The van der Waals surface area contributed by atoms with Gasteiger partial charge >= 0.3 is 0 Å². The predicted octanol–water partition coefficient (Wildman–Crippen LogP) is 2.50. The van der Waals surface area contributed by atoms with Crippen molar-refractivity contribution in [1.29, 1.82) is 0 Å². The summed E-state index contributed by atoms with van der Waals surface area (Å²) in [5, 5.41) is 0.360. The first-order valence-corrected chi connectivity index (χ1v) is 3.62. The minimum atomic E-state index is 0.360. The van der Waals surface area contributed by atoms with Gasteiger partial charge in [0.15, 0.2) is 0 Å². The standard InChI is InChI=1S/C7H11Cl/c1-6-3-2-4-7(8)5-6/h1,6-7H,2-5H2. The molecule has 2 unspecified atom stereocenters. The van der Waals surface area contributed by atoms with Gasteiger partial charge < -0.3 is 0 Å². The zero-order chi connectivity index (χ0) is 5.98. The Morgan fingerprint density at radius 1 is 1.38 bits per heavy atom. The first-order chi connectivity index (χ1) is 3.79. The molecule has 1 fully saturated rings. The van der Waals surface area contributed by atoms with Crippen molar-refractivity contribution in [2.45, 2.75) is 31.1 Å². The molecule has 1 aliphatic rings. The minimum Gasteiger partial charge on any atom is -0.123 e. The van der Waals surface area contributed by atoms with Crippen LogP contribution in [0.4, 0.5) is 0 Å². The van der Waals surface area contributed by atoms with Crippen molar-refractivity contribution >= 4 is 11.6 Å². The summed E-state index contributed by atoms with van der Waals surface area (Å²) in [5.74, 6) is 0.381. The number of hydrogen-bond acceptors (Lipinski definition) is 0. The molecule has 46 valence electrons. The third-order valence-corrected chi connectivity index (χ3v) is 2.05. The van der Waals surface area contributed by atoms with Crippen LogP contribution in [0.25, 0.3) is 0 Å². The minimum absolute atomic E-state index is 0.360. The average molecular weight is 131 g/mol. The summed E-state index contributed by atoms with van der Waals surface area (Å²) >= 11 is 5.83.